The van der Waals surface area contributed by atoms with Crippen LogP contribution in [-0.2, 0) is 6.54 Å². The van der Waals surface area contributed by atoms with Gasteiger partial charge in [0.1, 0.15) is 0 Å². The Bertz CT molecular complexity index is 486. The van der Waals surface area contributed by atoms with Gasteiger partial charge in [0, 0.05) is 37.3 Å². The summed E-state index contributed by atoms with van der Waals surface area (Å²) in [6.45, 7) is 3.60. The average Bonchev–Trinajstić information content (AvgIpc) is 3.14. The third-order valence-corrected chi connectivity index (χ3v) is 5.88. The van der Waals surface area contributed by atoms with Crippen molar-refractivity contribution >= 4 is 34.2 Å². The van der Waals surface area contributed by atoms with Gasteiger partial charge in [0.15, 0.2) is 11.1 Å². The second kappa shape index (κ2) is 8.62. The molecule has 1 aliphatic rings. The van der Waals surface area contributed by atoms with Crippen LogP contribution >= 0.6 is 23.1 Å². The highest BCUT2D eigenvalue weighted by Gasteiger charge is 2.24. The minimum absolute atomic E-state index is 0.544. The Labute approximate surface area is 142 Å². The van der Waals surface area contributed by atoms with Gasteiger partial charge in [-0.15, -0.1) is 11.3 Å². The Hall–Kier alpha value is -0.950. The molecule has 2 rings (SSSR count). The van der Waals surface area contributed by atoms with Crippen LogP contribution in [-0.4, -0.2) is 49.1 Å². The summed E-state index contributed by atoms with van der Waals surface area (Å²) >= 11 is 3.64. The lowest BCUT2D eigenvalue weighted by atomic mass is 10.2. The summed E-state index contributed by atoms with van der Waals surface area (Å²) in [5, 5.41) is 10.8. The van der Waals surface area contributed by atoms with Crippen LogP contribution in [0.4, 0.5) is 5.13 Å². The molecule has 124 valence electrons. The second-order valence-electron chi connectivity index (χ2n) is 5.72. The molecular formula is C15H27N5S2. The molecule has 2 N–H and O–H groups in total. The van der Waals surface area contributed by atoms with Crippen LogP contribution in [0.15, 0.2) is 10.4 Å². The maximum Gasteiger partial charge on any atom is 0.191 e. The summed E-state index contributed by atoms with van der Waals surface area (Å²) in [4.78, 5) is 11.3. The first-order chi connectivity index (χ1) is 10.6. The van der Waals surface area contributed by atoms with E-state index in [1.54, 1.807) is 11.3 Å². The molecule has 0 saturated heterocycles. The van der Waals surface area contributed by atoms with Gasteiger partial charge < -0.3 is 15.5 Å². The van der Waals surface area contributed by atoms with Crippen LogP contribution < -0.4 is 15.5 Å². The number of nitrogens with one attached hydrogen (secondary N) is 2. The normalized spacial score (nSPS) is 21.9. The lowest BCUT2D eigenvalue weighted by Gasteiger charge is -2.17. The van der Waals surface area contributed by atoms with E-state index in [0.29, 0.717) is 12.6 Å². The smallest absolute Gasteiger partial charge is 0.191 e. The minimum atomic E-state index is 0.544. The van der Waals surface area contributed by atoms with E-state index < -0.39 is 0 Å². The standard InChI is InChI=1S/C15H27N5S2/c1-5-16-14(18-11-6-7-13(8-11)21-4)17-9-12-10-22-15(19-12)20(2)3/h10-11,13H,5-9H2,1-4H3,(H2,16,17,18). The molecule has 0 amide bonds. The fraction of sp³-hybridized carbons (Fsp3) is 0.733. The number of anilines is 1. The van der Waals surface area contributed by atoms with E-state index in [2.05, 4.69) is 39.2 Å². The quantitative estimate of drug-likeness (QED) is 0.615. The molecule has 22 heavy (non-hydrogen) atoms. The topological polar surface area (TPSA) is 52.6 Å². The first-order valence-electron chi connectivity index (χ1n) is 7.81. The molecule has 0 radical (unpaired) electrons. The second-order valence-corrected chi connectivity index (χ2v) is 7.70. The summed E-state index contributed by atoms with van der Waals surface area (Å²) in [5.41, 5.74) is 1.03. The van der Waals surface area contributed by atoms with E-state index in [-0.39, 0.29) is 0 Å². The van der Waals surface area contributed by atoms with Crippen LogP contribution in [0.2, 0.25) is 0 Å². The molecule has 5 nitrogen and oxygen atoms in total. The summed E-state index contributed by atoms with van der Waals surface area (Å²) in [6.07, 6.45) is 5.97. The van der Waals surface area contributed by atoms with Gasteiger partial charge in [-0.3, -0.25) is 0 Å². The fourth-order valence-corrected chi connectivity index (χ4v) is 4.08. The largest absolute Gasteiger partial charge is 0.357 e. The van der Waals surface area contributed by atoms with Crippen molar-refractivity contribution in [1.82, 2.24) is 15.6 Å². The SMILES string of the molecule is CCNC(=NCc1csc(N(C)C)n1)NC1CCC(SC)C1. The zero-order valence-electron chi connectivity index (χ0n) is 13.9. The molecule has 0 bridgehead atoms. The highest BCUT2D eigenvalue weighted by molar-refractivity contribution is 7.99. The number of guanidine groups is 1. The Morgan fingerprint density at radius 3 is 2.91 bits per heavy atom. The number of thioether (sulfide) groups is 1. The fourth-order valence-electron chi connectivity index (χ4n) is 2.53. The summed E-state index contributed by atoms with van der Waals surface area (Å²) < 4.78 is 0. The van der Waals surface area contributed by atoms with Gasteiger partial charge in [-0.2, -0.15) is 11.8 Å². The van der Waals surface area contributed by atoms with Gasteiger partial charge in [0.2, 0.25) is 0 Å². The molecule has 1 saturated carbocycles. The van der Waals surface area contributed by atoms with E-state index in [4.69, 9.17) is 0 Å². The van der Waals surface area contributed by atoms with E-state index >= 15 is 0 Å². The predicted octanol–water partition coefficient (Wildman–Crippen LogP) is 2.55. The van der Waals surface area contributed by atoms with Crippen molar-refractivity contribution in [3.05, 3.63) is 11.1 Å². The Morgan fingerprint density at radius 1 is 1.50 bits per heavy atom. The lowest BCUT2D eigenvalue weighted by Crippen LogP contribution is -2.42. The van der Waals surface area contributed by atoms with Crippen molar-refractivity contribution in [2.45, 2.75) is 44.0 Å². The molecule has 0 aliphatic heterocycles. The van der Waals surface area contributed by atoms with Crippen LogP contribution in [0.5, 0.6) is 0 Å². The van der Waals surface area contributed by atoms with Crippen molar-refractivity contribution in [3.63, 3.8) is 0 Å². The van der Waals surface area contributed by atoms with Crippen molar-refractivity contribution in [2.24, 2.45) is 4.99 Å². The van der Waals surface area contributed by atoms with Gasteiger partial charge >= 0.3 is 0 Å². The van der Waals surface area contributed by atoms with Gasteiger partial charge in [-0.05, 0) is 32.4 Å². The van der Waals surface area contributed by atoms with Crippen LogP contribution in [0.3, 0.4) is 0 Å². The summed E-state index contributed by atoms with van der Waals surface area (Å²) in [7, 11) is 4.03. The van der Waals surface area contributed by atoms with E-state index in [9.17, 15) is 0 Å². The third-order valence-electron chi connectivity index (χ3n) is 3.72. The van der Waals surface area contributed by atoms with Crippen molar-refractivity contribution < 1.29 is 0 Å². The zero-order chi connectivity index (χ0) is 15.9. The molecule has 0 spiro atoms. The molecule has 7 heteroatoms. The maximum atomic E-state index is 4.68. The molecule has 1 aromatic heterocycles. The number of aromatic nitrogens is 1. The van der Waals surface area contributed by atoms with Crippen molar-refractivity contribution in [3.8, 4) is 0 Å². The van der Waals surface area contributed by atoms with Gasteiger partial charge in [0.05, 0.1) is 12.2 Å². The number of hydrogen-bond acceptors (Lipinski definition) is 5. The number of rotatable bonds is 6. The third kappa shape index (κ3) is 5.05. The molecular weight excluding hydrogens is 314 g/mol. The maximum absolute atomic E-state index is 4.68. The Morgan fingerprint density at radius 2 is 2.32 bits per heavy atom. The van der Waals surface area contributed by atoms with Crippen LogP contribution in [0.25, 0.3) is 0 Å². The van der Waals surface area contributed by atoms with Gasteiger partial charge in [0.25, 0.3) is 0 Å². The molecule has 0 aromatic carbocycles. The zero-order valence-corrected chi connectivity index (χ0v) is 15.6. The number of thiazole rings is 1. The van der Waals surface area contributed by atoms with Gasteiger partial charge in [-0.1, -0.05) is 0 Å². The monoisotopic (exact) mass is 341 g/mol. The molecule has 1 aromatic rings. The van der Waals surface area contributed by atoms with Crippen molar-refractivity contribution in [1.29, 1.82) is 0 Å². The van der Waals surface area contributed by atoms with Gasteiger partial charge in [-0.25, -0.2) is 9.98 Å². The molecule has 1 aliphatic carbocycles. The molecule has 2 atom stereocenters. The number of aliphatic imine (C=N–C) groups is 1. The predicted molar refractivity (Wildman–Crippen MR) is 99.3 cm³/mol. The first-order valence-corrected chi connectivity index (χ1v) is 9.98. The highest BCUT2D eigenvalue weighted by atomic mass is 32.2. The molecule has 1 fully saturated rings. The summed E-state index contributed by atoms with van der Waals surface area (Å²) in [5.74, 6) is 0.911. The van der Waals surface area contributed by atoms with Crippen LogP contribution in [0, 0.1) is 0 Å². The highest BCUT2D eigenvalue weighted by Crippen LogP contribution is 2.28. The average molecular weight is 342 g/mol. The molecule has 2 unspecified atom stereocenters. The van der Waals surface area contributed by atoms with E-state index in [1.807, 2.05) is 30.8 Å². The minimum Gasteiger partial charge on any atom is -0.357 e. The number of nitrogens with zero attached hydrogens (tertiary/aromatic N) is 3. The van der Waals surface area contributed by atoms with E-state index in [1.165, 1.54) is 19.3 Å². The Balaban J connectivity index is 1.91. The molecule has 1 heterocycles. The van der Waals surface area contributed by atoms with Crippen molar-refractivity contribution in [2.75, 3.05) is 31.8 Å². The van der Waals surface area contributed by atoms with E-state index in [0.717, 1.165) is 28.6 Å². The first kappa shape index (κ1) is 17.4. The lowest BCUT2D eigenvalue weighted by molar-refractivity contribution is 0.615. The Kier molecular flexibility index (Phi) is 6.82. The van der Waals surface area contributed by atoms with Crippen LogP contribution in [0.1, 0.15) is 31.9 Å². The summed E-state index contributed by atoms with van der Waals surface area (Å²) in [6, 6.07) is 0.544. The number of hydrogen-bond donors (Lipinski definition) is 2.